The van der Waals surface area contributed by atoms with Crippen LogP contribution in [-0.2, 0) is 11.2 Å². The first kappa shape index (κ1) is 20.6. The van der Waals surface area contributed by atoms with Crippen molar-refractivity contribution in [1.82, 2.24) is 15.3 Å². The van der Waals surface area contributed by atoms with Gasteiger partial charge in [0.05, 0.1) is 18.8 Å². The summed E-state index contributed by atoms with van der Waals surface area (Å²) in [6.45, 7) is 7.80. The number of amides is 1. The van der Waals surface area contributed by atoms with Gasteiger partial charge >= 0.3 is 0 Å². The minimum absolute atomic E-state index is 0.0458. The number of thioether (sulfide) groups is 1. The molecule has 150 valence electrons. The molecule has 3 heterocycles. The summed E-state index contributed by atoms with van der Waals surface area (Å²) in [5.74, 6) is 1.76. The zero-order valence-corrected chi connectivity index (χ0v) is 17.4. The first-order valence-electron chi connectivity index (χ1n) is 9.84. The summed E-state index contributed by atoms with van der Waals surface area (Å²) in [4.78, 5) is 24.2. The molecule has 3 rings (SSSR count). The Kier molecular flexibility index (Phi) is 7.68. The highest BCUT2D eigenvalue weighted by atomic mass is 32.2. The minimum atomic E-state index is -0.0458. The number of nitrogens with zero attached hydrogens (tertiary/aromatic N) is 3. The van der Waals surface area contributed by atoms with Crippen LogP contribution in [-0.4, -0.2) is 54.5 Å². The molecule has 0 aromatic carbocycles. The number of aryl methyl sites for hydroxylation is 2. The number of hydrogen-bond acceptors (Lipinski definition) is 6. The fourth-order valence-electron chi connectivity index (χ4n) is 3.20. The lowest BCUT2D eigenvalue weighted by atomic mass is 10.1. The van der Waals surface area contributed by atoms with Gasteiger partial charge in [0.15, 0.2) is 0 Å². The molecule has 7 heteroatoms. The average molecular weight is 401 g/mol. The predicted octanol–water partition coefficient (Wildman–Crippen LogP) is 3.10. The molecule has 1 aliphatic heterocycles. The van der Waals surface area contributed by atoms with Crippen molar-refractivity contribution in [3.63, 3.8) is 0 Å². The smallest absolute Gasteiger partial charge is 0.254 e. The van der Waals surface area contributed by atoms with Gasteiger partial charge in [-0.2, -0.15) is 0 Å². The van der Waals surface area contributed by atoms with E-state index in [2.05, 4.69) is 22.1 Å². The number of aromatic nitrogens is 2. The van der Waals surface area contributed by atoms with Gasteiger partial charge in [-0.1, -0.05) is 13.0 Å². The molecule has 0 radical (unpaired) electrons. The van der Waals surface area contributed by atoms with Crippen molar-refractivity contribution in [2.75, 3.05) is 43.5 Å². The van der Waals surface area contributed by atoms with Gasteiger partial charge in [-0.15, -0.1) is 11.8 Å². The molecule has 0 atom stereocenters. The van der Waals surface area contributed by atoms with E-state index in [0.29, 0.717) is 12.1 Å². The largest absolute Gasteiger partial charge is 0.378 e. The molecule has 2 aromatic rings. The summed E-state index contributed by atoms with van der Waals surface area (Å²) < 4.78 is 5.43. The monoisotopic (exact) mass is 400 g/mol. The Bertz CT molecular complexity index is 779. The second-order valence-corrected chi connectivity index (χ2v) is 7.94. The number of morpholine rings is 1. The van der Waals surface area contributed by atoms with E-state index >= 15 is 0 Å². The first-order valence-corrected chi connectivity index (χ1v) is 10.8. The zero-order chi connectivity index (χ0) is 19.8. The van der Waals surface area contributed by atoms with Crippen molar-refractivity contribution in [2.24, 2.45) is 0 Å². The van der Waals surface area contributed by atoms with Crippen LogP contribution < -0.4 is 10.2 Å². The summed E-state index contributed by atoms with van der Waals surface area (Å²) in [6.07, 6.45) is 3.51. The van der Waals surface area contributed by atoms with Crippen LogP contribution in [0.3, 0.4) is 0 Å². The van der Waals surface area contributed by atoms with E-state index in [-0.39, 0.29) is 5.91 Å². The van der Waals surface area contributed by atoms with Crippen LogP contribution in [0.15, 0.2) is 35.5 Å². The Morgan fingerprint density at radius 1 is 1.32 bits per heavy atom. The Balaban J connectivity index is 1.66. The highest BCUT2D eigenvalue weighted by Crippen LogP contribution is 2.28. The van der Waals surface area contributed by atoms with E-state index in [9.17, 15) is 4.79 Å². The van der Waals surface area contributed by atoms with Crippen LogP contribution in [0.4, 0.5) is 5.82 Å². The van der Waals surface area contributed by atoms with Crippen molar-refractivity contribution >= 4 is 23.5 Å². The standard InChI is InChI=1S/C21H28N4O2S/c1-3-28-21-19(16(2)15-18(24-21)25-11-13-27-14-12-25)20(26)23-10-6-8-17-7-4-5-9-22-17/h4-5,7,9,15H,3,6,8,10-14H2,1-2H3,(H,23,26). The maximum Gasteiger partial charge on any atom is 0.254 e. The molecule has 6 nitrogen and oxygen atoms in total. The Morgan fingerprint density at radius 3 is 2.86 bits per heavy atom. The molecule has 0 unspecified atom stereocenters. The van der Waals surface area contributed by atoms with Crippen LogP contribution in [0.5, 0.6) is 0 Å². The van der Waals surface area contributed by atoms with Gasteiger partial charge in [-0.3, -0.25) is 9.78 Å². The van der Waals surface area contributed by atoms with E-state index in [1.165, 1.54) is 0 Å². The minimum Gasteiger partial charge on any atom is -0.378 e. The van der Waals surface area contributed by atoms with Crippen molar-refractivity contribution < 1.29 is 9.53 Å². The van der Waals surface area contributed by atoms with Crippen LogP contribution in [0.1, 0.15) is 35.0 Å². The first-order chi connectivity index (χ1) is 13.7. The number of rotatable bonds is 8. The highest BCUT2D eigenvalue weighted by Gasteiger charge is 2.20. The van der Waals surface area contributed by atoms with Crippen molar-refractivity contribution in [2.45, 2.75) is 31.7 Å². The second kappa shape index (κ2) is 10.4. The molecule has 1 aliphatic rings. The van der Waals surface area contributed by atoms with Gasteiger partial charge in [0, 0.05) is 31.5 Å². The summed E-state index contributed by atoms with van der Waals surface area (Å²) in [6, 6.07) is 7.93. The number of nitrogens with one attached hydrogen (secondary N) is 1. The lowest BCUT2D eigenvalue weighted by Gasteiger charge is -2.28. The average Bonchev–Trinajstić information content (AvgIpc) is 2.72. The van der Waals surface area contributed by atoms with E-state index in [0.717, 1.165) is 67.0 Å². The topological polar surface area (TPSA) is 67.4 Å². The van der Waals surface area contributed by atoms with Crippen LogP contribution >= 0.6 is 11.8 Å². The zero-order valence-electron chi connectivity index (χ0n) is 16.6. The number of carbonyl (C=O) groups excluding carboxylic acids is 1. The molecular weight excluding hydrogens is 372 g/mol. The molecule has 1 N–H and O–H groups in total. The molecule has 0 spiro atoms. The summed E-state index contributed by atoms with van der Waals surface area (Å²) >= 11 is 1.62. The number of pyridine rings is 2. The third kappa shape index (κ3) is 5.45. The lowest BCUT2D eigenvalue weighted by molar-refractivity contribution is 0.0948. The fraction of sp³-hybridized carbons (Fsp3) is 0.476. The van der Waals surface area contributed by atoms with E-state index < -0.39 is 0 Å². The summed E-state index contributed by atoms with van der Waals surface area (Å²) in [5.41, 5.74) is 2.71. The molecular formula is C21H28N4O2S. The van der Waals surface area contributed by atoms with Crippen molar-refractivity contribution in [1.29, 1.82) is 0 Å². The van der Waals surface area contributed by atoms with E-state index in [4.69, 9.17) is 9.72 Å². The normalized spacial score (nSPS) is 14.1. The molecule has 0 aliphatic carbocycles. The quantitative estimate of drug-likeness (QED) is 0.543. The van der Waals surface area contributed by atoms with E-state index in [1.807, 2.05) is 31.2 Å². The van der Waals surface area contributed by atoms with Crippen LogP contribution in [0, 0.1) is 6.92 Å². The van der Waals surface area contributed by atoms with Gasteiger partial charge in [-0.05, 0) is 49.3 Å². The fourth-order valence-corrected chi connectivity index (χ4v) is 4.03. The Hall–Kier alpha value is -2.12. The second-order valence-electron chi connectivity index (χ2n) is 6.69. The molecule has 1 amide bonds. The molecule has 28 heavy (non-hydrogen) atoms. The third-order valence-electron chi connectivity index (χ3n) is 4.63. The SMILES string of the molecule is CCSc1nc(N2CCOCC2)cc(C)c1C(=O)NCCCc1ccccn1. The number of ether oxygens (including phenoxy) is 1. The third-order valence-corrected chi connectivity index (χ3v) is 5.49. The maximum absolute atomic E-state index is 12.8. The molecule has 2 aromatic heterocycles. The summed E-state index contributed by atoms with van der Waals surface area (Å²) in [5, 5.41) is 3.87. The van der Waals surface area contributed by atoms with Gasteiger partial charge in [0.25, 0.3) is 5.91 Å². The Labute approximate surface area is 171 Å². The predicted molar refractivity (Wildman–Crippen MR) is 113 cm³/mol. The summed E-state index contributed by atoms with van der Waals surface area (Å²) in [7, 11) is 0. The molecule has 1 fully saturated rings. The molecule has 0 bridgehead atoms. The van der Waals surface area contributed by atoms with Crippen molar-refractivity contribution in [3.05, 3.63) is 47.3 Å². The maximum atomic E-state index is 12.8. The number of anilines is 1. The van der Waals surface area contributed by atoms with Crippen LogP contribution in [0.25, 0.3) is 0 Å². The van der Waals surface area contributed by atoms with E-state index in [1.54, 1.807) is 18.0 Å². The highest BCUT2D eigenvalue weighted by molar-refractivity contribution is 7.99. The van der Waals surface area contributed by atoms with Gasteiger partial charge in [-0.25, -0.2) is 4.98 Å². The van der Waals surface area contributed by atoms with Gasteiger partial charge in [0.2, 0.25) is 0 Å². The lowest BCUT2D eigenvalue weighted by Crippen LogP contribution is -2.37. The van der Waals surface area contributed by atoms with Gasteiger partial charge in [0.1, 0.15) is 10.8 Å². The number of hydrogen-bond donors (Lipinski definition) is 1. The Morgan fingerprint density at radius 2 is 2.14 bits per heavy atom. The van der Waals surface area contributed by atoms with Gasteiger partial charge < -0.3 is 15.0 Å². The van der Waals surface area contributed by atoms with Crippen LogP contribution in [0.2, 0.25) is 0 Å². The molecule has 1 saturated heterocycles. The van der Waals surface area contributed by atoms with Crippen molar-refractivity contribution in [3.8, 4) is 0 Å². The number of carbonyl (C=O) groups is 1. The molecule has 0 saturated carbocycles.